The lowest BCUT2D eigenvalue weighted by Crippen LogP contribution is -2.01. The smallest absolute Gasteiger partial charge is 0.159 e. The number of ketones is 1. The molecular formula is C10H12OSi. The summed E-state index contributed by atoms with van der Waals surface area (Å²) in [6.45, 7) is 2.11. The molecule has 0 spiro atoms. The van der Waals surface area contributed by atoms with Gasteiger partial charge in [-0.15, -0.1) is 0 Å². The summed E-state index contributed by atoms with van der Waals surface area (Å²) in [5, 5.41) is 0. The third-order valence-electron chi connectivity index (χ3n) is 1.63. The Morgan fingerprint density at radius 2 is 2.00 bits per heavy atom. The highest BCUT2D eigenvalue weighted by Crippen LogP contribution is 2.03. The van der Waals surface area contributed by atoms with Crippen molar-refractivity contribution in [1.29, 1.82) is 0 Å². The molecule has 62 valence electrons. The SMILES string of the molecule is CC[Si]CC(=O)c1ccccc1. The normalized spacial score (nSPS) is 9.75. The topological polar surface area (TPSA) is 17.1 Å². The number of Topliss-reactive ketones (excluding diaryl/α,β-unsaturated/α-hetero) is 1. The molecule has 2 radical (unpaired) electrons. The predicted molar refractivity (Wildman–Crippen MR) is 51.8 cm³/mol. The molecule has 0 aromatic heterocycles. The van der Waals surface area contributed by atoms with E-state index in [1.54, 1.807) is 0 Å². The van der Waals surface area contributed by atoms with Gasteiger partial charge in [0.25, 0.3) is 0 Å². The summed E-state index contributed by atoms with van der Waals surface area (Å²) in [5.41, 5.74) is 0.846. The van der Waals surface area contributed by atoms with Gasteiger partial charge < -0.3 is 0 Å². The molecule has 1 nitrogen and oxygen atoms in total. The Morgan fingerprint density at radius 1 is 1.33 bits per heavy atom. The molecule has 1 rings (SSSR count). The van der Waals surface area contributed by atoms with Crippen LogP contribution in [0.25, 0.3) is 0 Å². The van der Waals surface area contributed by atoms with Crippen LogP contribution < -0.4 is 0 Å². The summed E-state index contributed by atoms with van der Waals surface area (Å²) in [7, 11) is 0.771. The van der Waals surface area contributed by atoms with Crippen molar-refractivity contribution in [2.75, 3.05) is 0 Å². The number of rotatable bonds is 4. The fourth-order valence-corrected chi connectivity index (χ4v) is 1.65. The first-order valence-electron chi connectivity index (χ1n) is 4.13. The van der Waals surface area contributed by atoms with Gasteiger partial charge in [0.05, 0.1) is 0 Å². The first-order valence-corrected chi connectivity index (χ1v) is 5.55. The van der Waals surface area contributed by atoms with Crippen LogP contribution in [0.4, 0.5) is 0 Å². The lowest BCUT2D eigenvalue weighted by molar-refractivity contribution is 0.101. The van der Waals surface area contributed by atoms with Crippen LogP contribution in [0.5, 0.6) is 0 Å². The molecule has 0 aliphatic carbocycles. The molecule has 2 heteroatoms. The van der Waals surface area contributed by atoms with Crippen molar-refractivity contribution in [2.24, 2.45) is 0 Å². The van der Waals surface area contributed by atoms with Gasteiger partial charge in [-0.05, 0) is 0 Å². The average Bonchev–Trinajstić information content (AvgIpc) is 2.15. The fourth-order valence-electron chi connectivity index (χ4n) is 0.965. The van der Waals surface area contributed by atoms with E-state index in [1.807, 2.05) is 30.3 Å². The van der Waals surface area contributed by atoms with Gasteiger partial charge in [-0.2, -0.15) is 0 Å². The molecule has 0 fully saturated rings. The molecule has 0 bridgehead atoms. The third-order valence-corrected chi connectivity index (χ3v) is 2.70. The number of carbonyl (C=O) groups excluding carboxylic acids is 1. The van der Waals surface area contributed by atoms with Crippen LogP contribution >= 0.6 is 0 Å². The molecule has 1 aromatic rings. The summed E-state index contributed by atoms with van der Waals surface area (Å²) in [5.74, 6) is 0.274. The molecule has 0 atom stereocenters. The lowest BCUT2D eigenvalue weighted by atomic mass is 10.2. The largest absolute Gasteiger partial charge is 0.295 e. The molecular weight excluding hydrogens is 164 g/mol. The second-order valence-corrected chi connectivity index (χ2v) is 4.13. The Labute approximate surface area is 75.6 Å². The Bertz CT molecular complexity index is 243. The van der Waals surface area contributed by atoms with Gasteiger partial charge in [0.15, 0.2) is 5.78 Å². The van der Waals surface area contributed by atoms with Crippen LogP contribution in [-0.4, -0.2) is 15.3 Å². The molecule has 0 unspecified atom stereocenters. The van der Waals surface area contributed by atoms with E-state index in [-0.39, 0.29) is 5.78 Å². The first-order chi connectivity index (χ1) is 5.84. The minimum Gasteiger partial charge on any atom is -0.295 e. The average molecular weight is 176 g/mol. The van der Waals surface area contributed by atoms with Crippen molar-refractivity contribution in [3.8, 4) is 0 Å². The zero-order chi connectivity index (χ0) is 8.81. The molecule has 0 aliphatic rings. The van der Waals surface area contributed by atoms with Crippen molar-refractivity contribution in [3.63, 3.8) is 0 Å². The number of hydrogen-bond acceptors (Lipinski definition) is 1. The predicted octanol–water partition coefficient (Wildman–Crippen LogP) is 2.43. The van der Waals surface area contributed by atoms with E-state index < -0.39 is 0 Å². The summed E-state index contributed by atoms with van der Waals surface area (Å²) >= 11 is 0. The molecule has 0 saturated heterocycles. The standard InChI is InChI=1S/C10H12OSi/c1-2-12-8-10(11)9-6-4-3-5-7-9/h3-7H,2,8H2,1H3. The van der Waals surface area contributed by atoms with Gasteiger partial charge in [-0.25, -0.2) is 0 Å². The van der Waals surface area contributed by atoms with Crippen molar-refractivity contribution < 1.29 is 4.79 Å². The summed E-state index contributed by atoms with van der Waals surface area (Å²) < 4.78 is 0. The van der Waals surface area contributed by atoms with Gasteiger partial charge in [-0.3, -0.25) is 4.79 Å². The maximum atomic E-state index is 11.4. The van der Waals surface area contributed by atoms with Gasteiger partial charge in [0.1, 0.15) is 0 Å². The van der Waals surface area contributed by atoms with Crippen LogP contribution in [0.1, 0.15) is 17.3 Å². The van der Waals surface area contributed by atoms with E-state index in [9.17, 15) is 4.79 Å². The van der Waals surface area contributed by atoms with Crippen LogP contribution in [-0.2, 0) is 0 Å². The highest BCUT2D eigenvalue weighted by atomic mass is 28.2. The van der Waals surface area contributed by atoms with E-state index in [4.69, 9.17) is 0 Å². The van der Waals surface area contributed by atoms with Crippen molar-refractivity contribution >= 4 is 15.3 Å². The highest BCUT2D eigenvalue weighted by molar-refractivity contribution is 6.42. The molecule has 1 aromatic carbocycles. The summed E-state index contributed by atoms with van der Waals surface area (Å²) in [6.07, 6.45) is 0. The van der Waals surface area contributed by atoms with Gasteiger partial charge in [0, 0.05) is 21.1 Å². The van der Waals surface area contributed by atoms with Crippen molar-refractivity contribution in [1.82, 2.24) is 0 Å². The van der Waals surface area contributed by atoms with Gasteiger partial charge in [0.2, 0.25) is 0 Å². The maximum Gasteiger partial charge on any atom is 0.159 e. The fraction of sp³-hybridized carbons (Fsp3) is 0.300. The first kappa shape index (κ1) is 9.20. The van der Waals surface area contributed by atoms with E-state index in [0.29, 0.717) is 6.04 Å². The summed E-state index contributed by atoms with van der Waals surface area (Å²) in [6, 6.07) is 11.3. The number of carbonyl (C=O) groups is 1. The number of hydrogen-bond donors (Lipinski definition) is 0. The van der Waals surface area contributed by atoms with E-state index in [2.05, 4.69) is 6.92 Å². The van der Waals surface area contributed by atoms with Crippen molar-refractivity contribution in [2.45, 2.75) is 19.0 Å². The second-order valence-electron chi connectivity index (χ2n) is 2.57. The van der Waals surface area contributed by atoms with E-state index in [1.165, 1.54) is 0 Å². The molecule has 0 aliphatic heterocycles. The van der Waals surface area contributed by atoms with Gasteiger partial charge >= 0.3 is 0 Å². The van der Waals surface area contributed by atoms with Crippen molar-refractivity contribution in [3.05, 3.63) is 35.9 Å². The Balaban J connectivity index is 2.54. The Kier molecular flexibility index (Phi) is 3.74. The quantitative estimate of drug-likeness (QED) is 0.508. The Hall–Kier alpha value is -0.893. The molecule has 0 N–H and O–H groups in total. The van der Waals surface area contributed by atoms with E-state index in [0.717, 1.165) is 21.1 Å². The zero-order valence-corrected chi connectivity index (χ0v) is 8.21. The second kappa shape index (κ2) is 4.88. The Morgan fingerprint density at radius 3 is 2.58 bits per heavy atom. The zero-order valence-electron chi connectivity index (χ0n) is 7.21. The van der Waals surface area contributed by atoms with E-state index >= 15 is 0 Å². The van der Waals surface area contributed by atoms with Crippen LogP contribution in [0.15, 0.2) is 30.3 Å². The number of benzene rings is 1. The molecule has 0 saturated carbocycles. The highest BCUT2D eigenvalue weighted by Gasteiger charge is 2.02. The van der Waals surface area contributed by atoms with Crippen LogP contribution in [0.2, 0.25) is 12.1 Å². The molecule has 0 amide bonds. The molecule has 0 heterocycles. The van der Waals surface area contributed by atoms with Gasteiger partial charge in [-0.1, -0.05) is 43.3 Å². The molecule has 12 heavy (non-hydrogen) atoms. The lowest BCUT2D eigenvalue weighted by Gasteiger charge is -1.97. The minimum atomic E-state index is 0.274. The minimum absolute atomic E-state index is 0.274. The summed E-state index contributed by atoms with van der Waals surface area (Å²) in [4.78, 5) is 11.4. The maximum absolute atomic E-state index is 11.4. The van der Waals surface area contributed by atoms with Crippen LogP contribution in [0.3, 0.4) is 0 Å². The monoisotopic (exact) mass is 176 g/mol. The van der Waals surface area contributed by atoms with Crippen LogP contribution in [0, 0.1) is 0 Å². The third kappa shape index (κ3) is 2.62.